The predicted octanol–water partition coefficient (Wildman–Crippen LogP) is 3.14. The highest BCUT2D eigenvalue weighted by molar-refractivity contribution is 5.95. The molecule has 0 bridgehead atoms. The molecule has 0 aliphatic rings. The van der Waals surface area contributed by atoms with E-state index in [2.05, 4.69) is 5.32 Å². The van der Waals surface area contributed by atoms with Crippen LogP contribution in [0.1, 0.15) is 6.92 Å². The van der Waals surface area contributed by atoms with Gasteiger partial charge in [-0.1, -0.05) is 0 Å². The number of halogens is 3. The van der Waals surface area contributed by atoms with Crippen molar-refractivity contribution in [2.75, 3.05) is 12.4 Å². The lowest BCUT2D eigenvalue weighted by molar-refractivity contribution is -0.165. The molecule has 3 nitrogen and oxygen atoms in total. The third-order valence-corrected chi connectivity index (χ3v) is 2.06. The van der Waals surface area contributed by atoms with Crippen molar-refractivity contribution >= 4 is 11.5 Å². The normalized spacial score (nSPS) is 12.2. The first-order chi connectivity index (χ1) is 8.32. The Kier molecular flexibility index (Phi) is 4.36. The number of nitrogens with one attached hydrogen (secondary N) is 1. The van der Waals surface area contributed by atoms with Gasteiger partial charge in [0.2, 0.25) is 0 Å². The van der Waals surface area contributed by atoms with Crippen LogP contribution in [-0.2, 0) is 4.79 Å². The van der Waals surface area contributed by atoms with Gasteiger partial charge in [-0.2, -0.15) is 13.2 Å². The lowest BCUT2D eigenvalue weighted by atomic mass is 10.2. The van der Waals surface area contributed by atoms with Crippen molar-refractivity contribution in [1.29, 1.82) is 0 Å². The molecule has 1 aromatic rings. The molecule has 0 aliphatic carbocycles. The Morgan fingerprint density at radius 1 is 1.28 bits per heavy atom. The monoisotopic (exact) mass is 259 g/mol. The van der Waals surface area contributed by atoms with Crippen LogP contribution in [0.5, 0.6) is 5.75 Å². The van der Waals surface area contributed by atoms with E-state index in [4.69, 9.17) is 4.74 Å². The molecule has 6 heteroatoms. The number of carbonyl (C=O) groups is 1. The number of ether oxygens (including phenoxy) is 1. The van der Waals surface area contributed by atoms with E-state index >= 15 is 0 Å². The molecule has 0 aromatic heterocycles. The summed E-state index contributed by atoms with van der Waals surface area (Å²) in [5.74, 6) is -1.26. The number of rotatable bonds is 4. The fourth-order valence-corrected chi connectivity index (χ4v) is 1.22. The number of alkyl halides is 3. The van der Waals surface area contributed by atoms with Crippen LogP contribution in [0.2, 0.25) is 0 Å². The van der Waals surface area contributed by atoms with Gasteiger partial charge in [-0.25, -0.2) is 0 Å². The second-order valence-electron chi connectivity index (χ2n) is 3.54. The highest BCUT2D eigenvalue weighted by atomic mass is 19.4. The maximum Gasteiger partial charge on any atom is 0.454 e. The number of anilines is 1. The second kappa shape index (κ2) is 5.57. The summed E-state index contributed by atoms with van der Waals surface area (Å²) in [6.07, 6.45) is -4.33. The van der Waals surface area contributed by atoms with Crippen molar-refractivity contribution in [1.82, 2.24) is 0 Å². The van der Waals surface area contributed by atoms with Crippen LogP contribution in [0.3, 0.4) is 0 Å². The summed E-state index contributed by atoms with van der Waals surface area (Å²) in [6, 6.07) is 6.57. The summed E-state index contributed by atoms with van der Waals surface area (Å²) in [5.41, 5.74) is 0.682. The summed E-state index contributed by atoms with van der Waals surface area (Å²) < 4.78 is 41.0. The van der Waals surface area contributed by atoms with Crippen molar-refractivity contribution in [2.24, 2.45) is 0 Å². The van der Waals surface area contributed by atoms with E-state index in [9.17, 15) is 18.0 Å². The Bertz CT molecular complexity index is 449. The smallest absolute Gasteiger partial charge is 0.454 e. The van der Waals surface area contributed by atoms with Gasteiger partial charge in [-0.15, -0.1) is 0 Å². The highest BCUT2D eigenvalue weighted by Crippen LogP contribution is 2.19. The van der Waals surface area contributed by atoms with E-state index in [0.717, 1.165) is 0 Å². The van der Waals surface area contributed by atoms with Crippen LogP contribution in [0.4, 0.5) is 18.9 Å². The molecule has 0 saturated heterocycles. The van der Waals surface area contributed by atoms with Gasteiger partial charge >= 0.3 is 6.18 Å². The topological polar surface area (TPSA) is 38.3 Å². The van der Waals surface area contributed by atoms with Gasteiger partial charge in [-0.3, -0.25) is 4.79 Å². The second-order valence-corrected chi connectivity index (χ2v) is 3.54. The van der Waals surface area contributed by atoms with Crippen molar-refractivity contribution in [3.8, 4) is 5.75 Å². The molecule has 0 atom stereocenters. The predicted molar refractivity (Wildman–Crippen MR) is 61.4 cm³/mol. The Morgan fingerprint density at radius 2 is 1.83 bits per heavy atom. The largest absolute Gasteiger partial charge is 0.497 e. The first-order valence-corrected chi connectivity index (χ1v) is 5.03. The molecule has 0 fully saturated rings. The molecule has 0 spiro atoms. The third-order valence-electron chi connectivity index (χ3n) is 2.06. The molecule has 18 heavy (non-hydrogen) atoms. The van der Waals surface area contributed by atoms with E-state index in [1.165, 1.54) is 14.0 Å². The fraction of sp³-hybridized carbons (Fsp3) is 0.250. The van der Waals surface area contributed by atoms with E-state index in [1.807, 2.05) is 0 Å². The molecule has 1 rings (SSSR count). The van der Waals surface area contributed by atoms with Gasteiger partial charge in [0.15, 0.2) is 0 Å². The number of ketones is 1. The summed E-state index contributed by atoms with van der Waals surface area (Å²) in [6.45, 7) is 1.38. The highest BCUT2D eigenvalue weighted by Gasteiger charge is 2.36. The van der Waals surface area contributed by atoms with E-state index in [0.29, 0.717) is 17.5 Å². The van der Waals surface area contributed by atoms with Crippen LogP contribution in [0, 0.1) is 0 Å². The molecule has 0 radical (unpaired) electrons. The third kappa shape index (κ3) is 4.12. The van der Waals surface area contributed by atoms with Gasteiger partial charge in [0, 0.05) is 17.5 Å². The van der Waals surface area contributed by atoms with Gasteiger partial charge < -0.3 is 10.1 Å². The molecule has 98 valence electrons. The fourth-order valence-electron chi connectivity index (χ4n) is 1.22. The molecule has 1 aromatic carbocycles. The lowest BCUT2D eigenvalue weighted by Gasteiger charge is -2.08. The first kappa shape index (κ1) is 14.1. The molecule has 0 amide bonds. The van der Waals surface area contributed by atoms with Crippen molar-refractivity contribution < 1.29 is 22.7 Å². The average molecular weight is 259 g/mol. The van der Waals surface area contributed by atoms with Crippen LogP contribution >= 0.6 is 0 Å². The molecule has 0 heterocycles. The minimum atomic E-state index is -4.84. The van der Waals surface area contributed by atoms with E-state index < -0.39 is 12.0 Å². The zero-order valence-corrected chi connectivity index (χ0v) is 9.84. The number of methoxy groups -OCH3 is 1. The summed E-state index contributed by atoms with van der Waals surface area (Å²) in [5, 5.41) is 2.68. The Hall–Kier alpha value is -1.98. The SMILES string of the molecule is COc1ccc(NC(C)=CC(=O)C(F)(F)F)cc1. The standard InChI is InChI=1S/C12H12F3NO2/c1-8(7-11(17)12(13,14)15)16-9-3-5-10(18-2)6-4-9/h3-7,16H,1-2H3. The van der Waals surface area contributed by atoms with Crippen LogP contribution in [0.15, 0.2) is 36.0 Å². The quantitative estimate of drug-likeness (QED) is 0.844. The number of hydrogen-bond acceptors (Lipinski definition) is 3. The lowest BCUT2D eigenvalue weighted by Crippen LogP contribution is -2.21. The molecule has 0 aliphatic heterocycles. The minimum absolute atomic E-state index is 0.113. The summed E-state index contributed by atoms with van der Waals surface area (Å²) in [4.78, 5) is 10.7. The van der Waals surface area contributed by atoms with Crippen molar-refractivity contribution in [3.05, 3.63) is 36.0 Å². The first-order valence-electron chi connectivity index (χ1n) is 5.03. The Morgan fingerprint density at radius 3 is 2.28 bits per heavy atom. The van der Waals surface area contributed by atoms with Crippen molar-refractivity contribution in [2.45, 2.75) is 13.1 Å². The molecule has 0 saturated carbocycles. The number of carbonyl (C=O) groups excluding carboxylic acids is 1. The Labute approximate surface area is 102 Å². The molecule has 0 unspecified atom stereocenters. The van der Waals surface area contributed by atoms with E-state index in [1.54, 1.807) is 24.3 Å². The number of benzene rings is 1. The zero-order chi connectivity index (χ0) is 13.8. The van der Waals surface area contributed by atoms with Gasteiger partial charge in [-0.05, 0) is 31.2 Å². The summed E-state index contributed by atoms with van der Waals surface area (Å²) >= 11 is 0. The molecular weight excluding hydrogens is 247 g/mol. The molecule has 1 N–H and O–H groups in total. The maximum absolute atomic E-state index is 12.0. The number of allylic oxidation sites excluding steroid dienone is 2. The number of hydrogen-bond donors (Lipinski definition) is 1. The van der Waals surface area contributed by atoms with Gasteiger partial charge in [0.25, 0.3) is 5.78 Å². The Balaban J connectivity index is 2.72. The minimum Gasteiger partial charge on any atom is -0.497 e. The molecular formula is C12H12F3NO2. The van der Waals surface area contributed by atoms with Gasteiger partial charge in [0.1, 0.15) is 5.75 Å². The van der Waals surface area contributed by atoms with Crippen LogP contribution in [0.25, 0.3) is 0 Å². The maximum atomic E-state index is 12.0. The van der Waals surface area contributed by atoms with Crippen LogP contribution in [-0.4, -0.2) is 19.1 Å². The average Bonchev–Trinajstić information content (AvgIpc) is 2.28. The zero-order valence-electron chi connectivity index (χ0n) is 9.84. The van der Waals surface area contributed by atoms with Gasteiger partial charge in [0.05, 0.1) is 7.11 Å². The summed E-state index contributed by atoms with van der Waals surface area (Å²) in [7, 11) is 1.51. The van der Waals surface area contributed by atoms with Crippen molar-refractivity contribution in [3.63, 3.8) is 0 Å². The van der Waals surface area contributed by atoms with Crippen LogP contribution < -0.4 is 10.1 Å². The van der Waals surface area contributed by atoms with E-state index in [-0.39, 0.29) is 5.70 Å².